The molecule has 2 rings (SSSR count). The molecule has 1 aliphatic heterocycles. The Kier molecular flexibility index (Phi) is 5.14. The minimum atomic E-state index is -0.917. The van der Waals surface area contributed by atoms with E-state index in [1.54, 1.807) is 25.3 Å². The molecule has 0 aromatic heterocycles. The van der Waals surface area contributed by atoms with Gasteiger partial charge in [-0.3, -0.25) is 4.79 Å². The van der Waals surface area contributed by atoms with E-state index in [4.69, 9.17) is 20.3 Å². The van der Waals surface area contributed by atoms with E-state index in [1.807, 2.05) is 11.8 Å². The summed E-state index contributed by atoms with van der Waals surface area (Å²) in [6.07, 6.45) is 1.14. The highest BCUT2D eigenvalue weighted by atomic mass is 32.2. The normalized spacial score (nSPS) is 19.6. The van der Waals surface area contributed by atoms with Crippen LogP contribution in [0.4, 0.5) is 0 Å². The largest absolute Gasteiger partial charge is 0.493 e. The second kappa shape index (κ2) is 6.85. The Bertz CT molecular complexity index is 474. The fourth-order valence-electron chi connectivity index (χ4n) is 2.10. The number of hydrogen-bond donors (Lipinski definition) is 2. The highest BCUT2D eigenvalue weighted by molar-refractivity contribution is 7.99. The second-order valence-electron chi connectivity index (χ2n) is 4.72. The van der Waals surface area contributed by atoms with Crippen molar-refractivity contribution in [2.75, 3.05) is 18.6 Å². The molecule has 0 bridgehead atoms. The van der Waals surface area contributed by atoms with E-state index >= 15 is 0 Å². The molecule has 3 N–H and O–H groups in total. The number of carbonyl (C=O) groups is 1. The Labute approximate surface area is 122 Å². The molecule has 0 aliphatic carbocycles. The lowest BCUT2D eigenvalue weighted by molar-refractivity contribution is -0.137. The third-order valence-electron chi connectivity index (χ3n) is 3.19. The van der Waals surface area contributed by atoms with Crippen molar-refractivity contribution in [2.24, 2.45) is 5.73 Å². The molecule has 1 aliphatic rings. The van der Waals surface area contributed by atoms with Gasteiger partial charge in [0.1, 0.15) is 6.10 Å². The maximum atomic E-state index is 10.7. The van der Waals surface area contributed by atoms with Gasteiger partial charge in [-0.2, -0.15) is 11.8 Å². The van der Waals surface area contributed by atoms with Crippen LogP contribution in [0.15, 0.2) is 18.2 Å². The molecular formula is C14H19NO4S. The molecule has 6 heteroatoms. The Hall–Kier alpha value is -1.40. The van der Waals surface area contributed by atoms with Crippen molar-refractivity contribution < 1.29 is 19.4 Å². The molecule has 1 aromatic carbocycles. The molecule has 20 heavy (non-hydrogen) atoms. The molecule has 0 spiro atoms. The first-order valence-electron chi connectivity index (χ1n) is 6.50. The van der Waals surface area contributed by atoms with Gasteiger partial charge in [0.25, 0.3) is 0 Å². The lowest BCUT2D eigenvalue weighted by Crippen LogP contribution is -2.17. The first kappa shape index (κ1) is 15.0. The lowest BCUT2D eigenvalue weighted by Gasteiger charge is -2.17. The van der Waals surface area contributed by atoms with Gasteiger partial charge < -0.3 is 20.3 Å². The van der Waals surface area contributed by atoms with E-state index in [0.717, 1.165) is 23.5 Å². The fourth-order valence-corrected chi connectivity index (χ4v) is 3.20. The van der Waals surface area contributed by atoms with Gasteiger partial charge in [0.15, 0.2) is 11.5 Å². The van der Waals surface area contributed by atoms with E-state index in [2.05, 4.69) is 0 Å². The zero-order valence-electron chi connectivity index (χ0n) is 11.4. The van der Waals surface area contributed by atoms with Crippen molar-refractivity contribution >= 4 is 17.7 Å². The van der Waals surface area contributed by atoms with Crippen molar-refractivity contribution in [2.45, 2.75) is 25.0 Å². The molecule has 2 atom stereocenters. The predicted molar refractivity (Wildman–Crippen MR) is 78.5 cm³/mol. The monoisotopic (exact) mass is 297 g/mol. The first-order valence-corrected chi connectivity index (χ1v) is 7.65. The number of aliphatic carboxylic acids is 1. The van der Waals surface area contributed by atoms with Gasteiger partial charge in [-0.1, -0.05) is 6.07 Å². The number of thioether (sulfide) groups is 1. The molecule has 0 amide bonds. The number of methoxy groups -OCH3 is 1. The molecule has 1 saturated heterocycles. The number of hydrogen-bond acceptors (Lipinski definition) is 5. The van der Waals surface area contributed by atoms with Crippen molar-refractivity contribution in [3.8, 4) is 11.5 Å². The number of rotatable bonds is 6. The number of carboxylic acids is 1. The summed E-state index contributed by atoms with van der Waals surface area (Å²) in [7, 11) is 1.57. The Morgan fingerprint density at radius 3 is 2.95 bits per heavy atom. The summed E-state index contributed by atoms with van der Waals surface area (Å²) in [5.74, 6) is 2.48. The minimum Gasteiger partial charge on any atom is -0.493 e. The molecule has 0 saturated carbocycles. The predicted octanol–water partition coefficient (Wildman–Crippen LogP) is 2.05. The van der Waals surface area contributed by atoms with Gasteiger partial charge in [0.05, 0.1) is 13.5 Å². The van der Waals surface area contributed by atoms with Crippen LogP contribution >= 0.6 is 11.8 Å². The zero-order chi connectivity index (χ0) is 14.5. The van der Waals surface area contributed by atoms with Crippen LogP contribution in [-0.4, -0.2) is 35.8 Å². The summed E-state index contributed by atoms with van der Waals surface area (Å²) in [4.78, 5) is 10.7. The van der Waals surface area contributed by atoms with Crippen LogP contribution in [0.1, 0.15) is 24.4 Å². The minimum absolute atomic E-state index is 0.109. The van der Waals surface area contributed by atoms with Gasteiger partial charge in [-0.25, -0.2) is 0 Å². The van der Waals surface area contributed by atoms with Crippen molar-refractivity contribution in [3.05, 3.63) is 23.8 Å². The smallest absolute Gasteiger partial charge is 0.305 e. The zero-order valence-corrected chi connectivity index (χ0v) is 12.2. The summed E-state index contributed by atoms with van der Waals surface area (Å²) in [5.41, 5.74) is 6.59. The van der Waals surface area contributed by atoms with Gasteiger partial charge in [0, 0.05) is 11.8 Å². The van der Waals surface area contributed by atoms with Gasteiger partial charge in [-0.15, -0.1) is 0 Å². The Morgan fingerprint density at radius 1 is 1.55 bits per heavy atom. The van der Waals surface area contributed by atoms with E-state index in [-0.39, 0.29) is 12.5 Å². The quantitative estimate of drug-likeness (QED) is 0.836. The fraction of sp³-hybridized carbons (Fsp3) is 0.500. The Balaban J connectivity index is 2.12. The second-order valence-corrected chi connectivity index (χ2v) is 5.87. The molecule has 110 valence electrons. The van der Waals surface area contributed by atoms with Crippen LogP contribution in [0.25, 0.3) is 0 Å². The third kappa shape index (κ3) is 3.80. The first-order chi connectivity index (χ1) is 9.60. The summed E-state index contributed by atoms with van der Waals surface area (Å²) in [5, 5.41) is 8.78. The van der Waals surface area contributed by atoms with E-state index in [0.29, 0.717) is 11.5 Å². The van der Waals surface area contributed by atoms with Crippen LogP contribution in [0, 0.1) is 0 Å². The van der Waals surface area contributed by atoms with Gasteiger partial charge in [0.2, 0.25) is 0 Å². The van der Waals surface area contributed by atoms with Crippen molar-refractivity contribution in [1.82, 2.24) is 0 Å². The highest BCUT2D eigenvalue weighted by Crippen LogP contribution is 2.33. The van der Waals surface area contributed by atoms with Crippen LogP contribution in [0.5, 0.6) is 11.5 Å². The maximum absolute atomic E-state index is 10.7. The van der Waals surface area contributed by atoms with E-state index in [1.165, 1.54) is 0 Å². The molecule has 0 radical (unpaired) electrons. The number of benzene rings is 1. The van der Waals surface area contributed by atoms with Crippen molar-refractivity contribution in [3.63, 3.8) is 0 Å². The number of nitrogens with two attached hydrogens (primary N) is 1. The highest BCUT2D eigenvalue weighted by Gasteiger charge is 2.20. The topological polar surface area (TPSA) is 81.8 Å². The average Bonchev–Trinajstić information content (AvgIpc) is 2.91. The van der Waals surface area contributed by atoms with E-state index < -0.39 is 12.0 Å². The SMILES string of the molecule is COc1cc(C(N)CC(=O)O)ccc1OC1CCSC1. The molecule has 1 heterocycles. The summed E-state index contributed by atoms with van der Waals surface area (Å²) in [6.45, 7) is 0. The average molecular weight is 297 g/mol. The molecule has 5 nitrogen and oxygen atoms in total. The Morgan fingerprint density at radius 2 is 2.35 bits per heavy atom. The molecule has 1 fully saturated rings. The van der Waals surface area contributed by atoms with Crippen LogP contribution in [-0.2, 0) is 4.79 Å². The van der Waals surface area contributed by atoms with Gasteiger partial charge >= 0.3 is 5.97 Å². The summed E-state index contributed by atoms with van der Waals surface area (Å²) >= 11 is 1.88. The van der Waals surface area contributed by atoms with E-state index in [9.17, 15) is 4.79 Å². The van der Waals surface area contributed by atoms with Crippen LogP contribution in [0.3, 0.4) is 0 Å². The molecular weight excluding hydrogens is 278 g/mol. The molecule has 2 unspecified atom stereocenters. The molecule has 1 aromatic rings. The van der Waals surface area contributed by atoms with Crippen LogP contribution in [0.2, 0.25) is 0 Å². The summed E-state index contributed by atoms with van der Waals surface area (Å²) in [6, 6.07) is 4.81. The number of carboxylic acid groups (broad SMARTS) is 1. The van der Waals surface area contributed by atoms with Gasteiger partial charge in [-0.05, 0) is 29.9 Å². The third-order valence-corrected chi connectivity index (χ3v) is 4.32. The number of ether oxygens (including phenoxy) is 2. The van der Waals surface area contributed by atoms with Crippen LogP contribution < -0.4 is 15.2 Å². The van der Waals surface area contributed by atoms with Crippen molar-refractivity contribution in [1.29, 1.82) is 0 Å². The maximum Gasteiger partial charge on any atom is 0.305 e. The summed E-state index contributed by atoms with van der Waals surface area (Å²) < 4.78 is 11.2. The standard InChI is InChI=1S/C14H19NO4S/c1-18-13-6-9(11(15)7-14(16)17)2-3-12(13)19-10-4-5-20-8-10/h2-3,6,10-11H,4-5,7-8,15H2,1H3,(H,16,17). The lowest BCUT2D eigenvalue weighted by atomic mass is 10.0.